The maximum Gasteiger partial charge on any atom is 0.0995 e. The van der Waals surface area contributed by atoms with Crippen LogP contribution >= 0.6 is 0 Å². The highest BCUT2D eigenvalue weighted by Crippen LogP contribution is 2.59. The van der Waals surface area contributed by atoms with Crippen molar-refractivity contribution >= 4 is 21.8 Å². The van der Waals surface area contributed by atoms with Crippen LogP contribution in [0.2, 0.25) is 0 Å². The van der Waals surface area contributed by atoms with Gasteiger partial charge in [0.05, 0.1) is 11.6 Å². The fourth-order valence-corrected chi connectivity index (χ4v) is 5.56. The maximum absolute atomic E-state index is 10.1. The number of aromatic nitrogens is 1. The van der Waals surface area contributed by atoms with Crippen LogP contribution < -0.4 is 0 Å². The molecule has 0 saturated carbocycles. The van der Waals surface area contributed by atoms with Crippen molar-refractivity contribution in [2.24, 2.45) is 0 Å². The summed E-state index contributed by atoms with van der Waals surface area (Å²) in [6.07, 6.45) is 3.93. The summed E-state index contributed by atoms with van der Waals surface area (Å²) in [5, 5.41) is 12.5. The first-order valence-electron chi connectivity index (χ1n) is 9.83. The van der Waals surface area contributed by atoms with Crippen LogP contribution in [0.15, 0.2) is 91.1 Å². The van der Waals surface area contributed by atoms with Crippen molar-refractivity contribution in [3.05, 3.63) is 119 Å². The minimum Gasteiger partial charge on any atom is -0.354 e. The van der Waals surface area contributed by atoms with Gasteiger partial charge in [0.25, 0.3) is 0 Å². The van der Waals surface area contributed by atoms with Gasteiger partial charge in [-0.2, -0.15) is 5.26 Å². The Bertz CT molecular complexity index is 1460. The van der Waals surface area contributed by atoms with Crippen molar-refractivity contribution in [2.75, 3.05) is 0 Å². The molecular formula is C27H18N2. The van der Waals surface area contributed by atoms with E-state index in [2.05, 4.69) is 66.7 Å². The van der Waals surface area contributed by atoms with Crippen LogP contribution in [0.5, 0.6) is 0 Å². The van der Waals surface area contributed by atoms with Crippen LogP contribution in [0.3, 0.4) is 0 Å². The van der Waals surface area contributed by atoms with Crippen molar-refractivity contribution in [1.29, 1.82) is 5.26 Å². The van der Waals surface area contributed by atoms with Gasteiger partial charge in [-0.25, -0.2) is 0 Å². The third-order valence-electron chi connectivity index (χ3n) is 6.58. The number of fused-ring (bicyclic) bond motifs is 3. The second-order valence-corrected chi connectivity index (χ2v) is 7.77. The highest BCUT2D eigenvalue weighted by Gasteiger charge is 2.43. The smallest absolute Gasteiger partial charge is 0.0995 e. The number of rotatable bonds is 2. The first-order chi connectivity index (χ1) is 14.3. The predicted octanol–water partition coefficient (Wildman–Crippen LogP) is 6.45. The van der Waals surface area contributed by atoms with Crippen LogP contribution in [-0.4, -0.2) is 4.98 Å². The molecule has 29 heavy (non-hydrogen) atoms. The summed E-state index contributed by atoms with van der Waals surface area (Å²) < 4.78 is 0. The minimum absolute atomic E-state index is 0.0180. The van der Waals surface area contributed by atoms with Crippen LogP contribution in [0.4, 0.5) is 0 Å². The van der Waals surface area contributed by atoms with E-state index < -0.39 is 0 Å². The Kier molecular flexibility index (Phi) is 3.12. The lowest BCUT2D eigenvalue weighted by atomic mass is 9.59. The number of nitrogens with one attached hydrogen (secondary N) is 1. The summed E-state index contributed by atoms with van der Waals surface area (Å²) in [6.45, 7) is 8.25. The van der Waals surface area contributed by atoms with Gasteiger partial charge < -0.3 is 4.98 Å². The van der Waals surface area contributed by atoms with Gasteiger partial charge in [-0.05, 0) is 45.5 Å². The molecule has 4 aromatic rings. The first-order valence-corrected chi connectivity index (χ1v) is 9.83. The standard InChI is InChI=1S/C27H18N2/c1-3-16-17(4-2)25-19-10-6-5-9-18(19)24(16)23-15(14-28)13-22-26(27(23)25)20-11-7-8-12-21(20)29-22/h3-13,24-25,29H,1-2H2. The van der Waals surface area contributed by atoms with Crippen molar-refractivity contribution in [1.82, 2.24) is 4.98 Å². The number of nitrogens with zero attached hydrogens (tertiary/aromatic N) is 1. The number of aromatic amines is 1. The van der Waals surface area contributed by atoms with Crippen LogP contribution in [-0.2, 0) is 0 Å². The second kappa shape index (κ2) is 5.59. The summed E-state index contributed by atoms with van der Waals surface area (Å²) in [4.78, 5) is 3.53. The van der Waals surface area contributed by atoms with E-state index in [9.17, 15) is 5.26 Å². The molecule has 1 aromatic heterocycles. The number of allylic oxidation sites excluding steroid dienone is 4. The van der Waals surface area contributed by atoms with E-state index in [1.54, 1.807) is 0 Å². The van der Waals surface area contributed by atoms with E-state index in [0.29, 0.717) is 0 Å². The molecule has 0 radical (unpaired) electrons. The van der Waals surface area contributed by atoms with Gasteiger partial charge in [0.15, 0.2) is 0 Å². The minimum atomic E-state index is 0.0180. The monoisotopic (exact) mass is 370 g/mol. The fourth-order valence-electron chi connectivity index (χ4n) is 5.56. The lowest BCUT2D eigenvalue weighted by Crippen LogP contribution is -2.28. The topological polar surface area (TPSA) is 39.6 Å². The Labute approximate surface area is 169 Å². The number of H-pyrrole nitrogens is 1. The number of nitriles is 1. The molecule has 0 spiro atoms. The Morgan fingerprint density at radius 2 is 1.45 bits per heavy atom. The Morgan fingerprint density at radius 1 is 0.828 bits per heavy atom. The molecule has 2 nitrogen and oxygen atoms in total. The highest BCUT2D eigenvalue weighted by molar-refractivity contribution is 6.11. The van der Waals surface area contributed by atoms with Crippen LogP contribution in [0.25, 0.3) is 21.8 Å². The summed E-state index contributed by atoms with van der Waals surface area (Å²) in [6, 6.07) is 21.5. The molecule has 3 aromatic carbocycles. The normalized spacial score (nSPS) is 19.1. The lowest BCUT2D eigenvalue weighted by Gasteiger charge is -2.43. The lowest BCUT2D eigenvalue weighted by molar-refractivity contribution is 0.763. The van der Waals surface area contributed by atoms with E-state index in [-0.39, 0.29) is 11.8 Å². The van der Waals surface area contributed by atoms with Gasteiger partial charge in [0, 0.05) is 33.6 Å². The molecule has 0 fully saturated rings. The third kappa shape index (κ3) is 1.85. The molecule has 1 N–H and O–H groups in total. The van der Waals surface area contributed by atoms with E-state index in [1.165, 1.54) is 38.6 Å². The quantitative estimate of drug-likeness (QED) is 0.432. The summed E-state index contributed by atoms with van der Waals surface area (Å²) in [7, 11) is 0. The van der Waals surface area contributed by atoms with E-state index in [1.807, 2.05) is 24.3 Å². The summed E-state index contributed by atoms with van der Waals surface area (Å²) >= 11 is 0. The summed E-state index contributed by atoms with van der Waals surface area (Å²) in [5.74, 6) is 0.0797. The van der Waals surface area contributed by atoms with Gasteiger partial charge in [-0.3, -0.25) is 0 Å². The zero-order valence-corrected chi connectivity index (χ0v) is 15.9. The molecule has 2 bridgehead atoms. The molecule has 2 heteroatoms. The largest absolute Gasteiger partial charge is 0.354 e. The van der Waals surface area contributed by atoms with Gasteiger partial charge >= 0.3 is 0 Å². The molecule has 7 rings (SSSR count). The van der Waals surface area contributed by atoms with E-state index in [4.69, 9.17) is 0 Å². The molecule has 2 atom stereocenters. The van der Waals surface area contributed by atoms with Crippen molar-refractivity contribution in [3.63, 3.8) is 0 Å². The number of benzene rings is 3. The van der Waals surface area contributed by atoms with E-state index in [0.717, 1.165) is 22.2 Å². The highest BCUT2D eigenvalue weighted by atomic mass is 14.7. The van der Waals surface area contributed by atoms with Crippen molar-refractivity contribution in [2.45, 2.75) is 11.8 Å². The second-order valence-electron chi connectivity index (χ2n) is 7.77. The summed E-state index contributed by atoms with van der Waals surface area (Å²) in [5.41, 5.74) is 10.2. The van der Waals surface area contributed by atoms with Gasteiger partial charge in [0.2, 0.25) is 0 Å². The molecule has 136 valence electrons. The van der Waals surface area contributed by atoms with Crippen LogP contribution in [0.1, 0.15) is 39.7 Å². The molecular weight excluding hydrogens is 352 g/mol. The molecule has 3 aliphatic carbocycles. The first kappa shape index (κ1) is 16.2. The molecule has 0 aliphatic heterocycles. The predicted molar refractivity (Wildman–Crippen MR) is 118 cm³/mol. The van der Waals surface area contributed by atoms with Gasteiger partial charge in [-0.1, -0.05) is 67.8 Å². The SMILES string of the molecule is C=CC1=C(C=C)C2c3ccccc3C1c1c(C#N)cc3[nH]c4ccccc4c3c12. The zero-order chi connectivity index (χ0) is 19.7. The Morgan fingerprint density at radius 3 is 2.10 bits per heavy atom. The molecule has 3 aliphatic rings. The Balaban J connectivity index is 1.87. The molecule has 0 amide bonds. The third-order valence-corrected chi connectivity index (χ3v) is 6.58. The maximum atomic E-state index is 10.1. The van der Waals surface area contributed by atoms with Crippen molar-refractivity contribution < 1.29 is 0 Å². The molecule has 0 saturated heterocycles. The Hall–Kier alpha value is -3.83. The number of hydrogen-bond donors (Lipinski definition) is 1. The number of hydrogen-bond acceptors (Lipinski definition) is 1. The average Bonchev–Trinajstić information content (AvgIpc) is 3.16. The molecule has 1 heterocycles. The van der Waals surface area contributed by atoms with Gasteiger partial charge in [0.1, 0.15) is 0 Å². The van der Waals surface area contributed by atoms with E-state index >= 15 is 0 Å². The zero-order valence-electron chi connectivity index (χ0n) is 15.9. The van der Waals surface area contributed by atoms with Crippen molar-refractivity contribution in [3.8, 4) is 6.07 Å². The average molecular weight is 370 g/mol. The van der Waals surface area contributed by atoms with Gasteiger partial charge in [-0.15, -0.1) is 0 Å². The fraction of sp³-hybridized carbons (Fsp3) is 0.0741. The number of para-hydroxylation sites is 1. The molecule has 2 unspecified atom stereocenters. The van der Waals surface area contributed by atoms with Crippen LogP contribution in [0, 0.1) is 11.3 Å².